The first-order valence-corrected chi connectivity index (χ1v) is 6.94. The summed E-state index contributed by atoms with van der Waals surface area (Å²) in [5.74, 6) is 1.22. The summed E-state index contributed by atoms with van der Waals surface area (Å²) in [6, 6.07) is 8.28. The molecule has 0 bridgehead atoms. The lowest BCUT2D eigenvalue weighted by Gasteiger charge is -2.08. The van der Waals surface area contributed by atoms with Crippen LogP contribution in [-0.4, -0.2) is 21.6 Å². The number of ether oxygens (including phenoxy) is 1. The summed E-state index contributed by atoms with van der Waals surface area (Å²) >= 11 is 5.94. The molecule has 0 radical (unpaired) electrons. The van der Waals surface area contributed by atoms with E-state index >= 15 is 0 Å². The van der Waals surface area contributed by atoms with Gasteiger partial charge in [0, 0.05) is 18.3 Å². The predicted octanol–water partition coefficient (Wildman–Crippen LogP) is 3.37. The van der Waals surface area contributed by atoms with Crippen LogP contribution in [0.3, 0.4) is 0 Å². The van der Waals surface area contributed by atoms with Gasteiger partial charge in [0.05, 0.1) is 30.6 Å². The number of halogens is 2. The van der Waals surface area contributed by atoms with E-state index in [0.29, 0.717) is 23.8 Å². The Hall–Kier alpha value is -2.14. The number of pyridine rings is 1. The van der Waals surface area contributed by atoms with Crippen molar-refractivity contribution in [2.45, 2.75) is 12.4 Å². The third kappa shape index (κ3) is 2.69. The zero-order chi connectivity index (χ0) is 14.8. The Kier molecular flexibility index (Phi) is 3.75. The Labute approximate surface area is 126 Å². The molecule has 3 aromatic rings. The third-order valence-electron chi connectivity index (χ3n) is 3.26. The number of nitrogens with zero attached hydrogens (tertiary/aromatic N) is 3. The van der Waals surface area contributed by atoms with Gasteiger partial charge in [0.2, 0.25) is 5.88 Å². The molecular formula is C15H13ClFN3O. The molecule has 0 saturated carbocycles. The zero-order valence-corrected chi connectivity index (χ0v) is 12.1. The van der Waals surface area contributed by atoms with E-state index in [1.54, 1.807) is 25.4 Å². The second kappa shape index (κ2) is 5.69. The monoisotopic (exact) mass is 305 g/mol. The summed E-state index contributed by atoms with van der Waals surface area (Å²) in [6.45, 7) is 0.571. The van der Waals surface area contributed by atoms with E-state index in [1.807, 2.05) is 10.6 Å². The zero-order valence-electron chi connectivity index (χ0n) is 11.4. The highest BCUT2D eigenvalue weighted by Crippen LogP contribution is 2.20. The van der Waals surface area contributed by atoms with E-state index in [9.17, 15) is 4.39 Å². The van der Waals surface area contributed by atoms with Crippen LogP contribution in [0.4, 0.5) is 4.39 Å². The molecule has 1 aromatic carbocycles. The van der Waals surface area contributed by atoms with Gasteiger partial charge >= 0.3 is 0 Å². The molecule has 6 heteroatoms. The van der Waals surface area contributed by atoms with Gasteiger partial charge in [0.25, 0.3) is 0 Å². The number of aromatic nitrogens is 3. The molecule has 0 fully saturated rings. The maximum Gasteiger partial charge on any atom is 0.212 e. The summed E-state index contributed by atoms with van der Waals surface area (Å²) < 4.78 is 20.3. The molecule has 0 aliphatic rings. The maximum atomic E-state index is 13.3. The van der Waals surface area contributed by atoms with Gasteiger partial charge in [0.1, 0.15) is 11.6 Å². The molecule has 21 heavy (non-hydrogen) atoms. The van der Waals surface area contributed by atoms with Gasteiger partial charge in [-0.25, -0.2) is 14.4 Å². The molecule has 0 saturated heterocycles. The molecule has 0 aliphatic heterocycles. The first-order valence-electron chi connectivity index (χ1n) is 6.41. The molecule has 0 unspecified atom stereocenters. The van der Waals surface area contributed by atoms with Gasteiger partial charge in [0.15, 0.2) is 0 Å². The van der Waals surface area contributed by atoms with Gasteiger partial charge in [-0.15, -0.1) is 11.6 Å². The second-order valence-corrected chi connectivity index (χ2v) is 4.86. The summed E-state index contributed by atoms with van der Waals surface area (Å²) in [7, 11) is 1.57. The molecule has 2 aromatic heterocycles. The number of hydrogen-bond acceptors (Lipinski definition) is 3. The Balaban J connectivity index is 2.01. The van der Waals surface area contributed by atoms with Crippen LogP contribution in [0.1, 0.15) is 11.4 Å². The fraction of sp³-hybridized carbons (Fsp3) is 0.200. The van der Waals surface area contributed by atoms with E-state index < -0.39 is 0 Å². The average Bonchev–Trinajstić information content (AvgIpc) is 2.85. The average molecular weight is 306 g/mol. The van der Waals surface area contributed by atoms with Crippen LogP contribution in [0.25, 0.3) is 11.0 Å². The standard InChI is InChI=1S/C15H13ClFN3O/c1-21-15-5-2-10(8-18-15)9-20-13-4-3-11(17)6-12(13)19-14(20)7-16/h2-6,8H,7,9H2,1H3. The van der Waals surface area contributed by atoms with Crippen molar-refractivity contribution in [2.75, 3.05) is 7.11 Å². The normalized spacial score (nSPS) is 11.0. The van der Waals surface area contributed by atoms with E-state index in [2.05, 4.69) is 9.97 Å². The van der Waals surface area contributed by atoms with Crippen molar-refractivity contribution in [1.29, 1.82) is 0 Å². The number of alkyl halides is 1. The smallest absolute Gasteiger partial charge is 0.212 e. The van der Waals surface area contributed by atoms with Crippen LogP contribution < -0.4 is 4.74 Å². The number of imidazole rings is 1. The Morgan fingerprint density at radius 2 is 2.14 bits per heavy atom. The first-order chi connectivity index (χ1) is 10.2. The predicted molar refractivity (Wildman–Crippen MR) is 79.1 cm³/mol. The van der Waals surface area contributed by atoms with Gasteiger partial charge in [-0.1, -0.05) is 6.07 Å². The molecule has 0 spiro atoms. The first kappa shape index (κ1) is 13.8. The highest BCUT2D eigenvalue weighted by molar-refractivity contribution is 6.16. The Morgan fingerprint density at radius 3 is 2.81 bits per heavy atom. The Bertz CT molecular complexity index is 770. The summed E-state index contributed by atoms with van der Waals surface area (Å²) in [6.07, 6.45) is 1.74. The van der Waals surface area contributed by atoms with Crippen molar-refractivity contribution < 1.29 is 9.13 Å². The minimum atomic E-state index is -0.306. The van der Waals surface area contributed by atoms with Crippen LogP contribution in [-0.2, 0) is 12.4 Å². The second-order valence-electron chi connectivity index (χ2n) is 4.59. The van der Waals surface area contributed by atoms with Crippen molar-refractivity contribution in [3.8, 4) is 5.88 Å². The highest BCUT2D eigenvalue weighted by atomic mass is 35.5. The number of methoxy groups -OCH3 is 1. The SMILES string of the molecule is COc1ccc(Cn2c(CCl)nc3cc(F)ccc32)cn1. The van der Waals surface area contributed by atoms with Gasteiger partial charge < -0.3 is 9.30 Å². The largest absolute Gasteiger partial charge is 0.481 e. The molecule has 0 amide bonds. The summed E-state index contributed by atoms with van der Waals surface area (Å²) in [5, 5.41) is 0. The minimum absolute atomic E-state index is 0.264. The maximum absolute atomic E-state index is 13.3. The van der Waals surface area contributed by atoms with Gasteiger partial charge in [-0.05, 0) is 17.7 Å². The van der Waals surface area contributed by atoms with Crippen molar-refractivity contribution >= 4 is 22.6 Å². The molecule has 0 atom stereocenters. The molecule has 0 N–H and O–H groups in total. The van der Waals surface area contributed by atoms with E-state index in [-0.39, 0.29) is 11.7 Å². The van der Waals surface area contributed by atoms with Crippen LogP contribution >= 0.6 is 11.6 Å². The molecular weight excluding hydrogens is 293 g/mol. The molecule has 108 valence electrons. The van der Waals surface area contributed by atoms with Crippen molar-refractivity contribution in [2.24, 2.45) is 0 Å². The topological polar surface area (TPSA) is 39.9 Å². The summed E-state index contributed by atoms with van der Waals surface area (Å²) in [5.41, 5.74) is 2.45. The highest BCUT2D eigenvalue weighted by Gasteiger charge is 2.11. The fourth-order valence-electron chi connectivity index (χ4n) is 2.24. The van der Waals surface area contributed by atoms with E-state index in [1.165, 1.54) is 12.1 Å². The molecule has 2 heterocycles. The van der Waals surface area contributed by atoms with Crippen LogP contribution in [0.5, 0.6) is 5.88 Å². The fourth-order valence-corrected chi connectivity index (χ4v) is 2.44. The molecule has 4 nitrogen and oxygen atoms in total. The van der Waals surface area contributed by atoms with Gasteiger partial charge in [-0.3, -0.25) is 0 Å². The lowest BCUT2D eigenvalue weighted by molar-refractivity contribution is 0.397. The van der Waals surface area contributed by atoms with E-state index in [0.717, 1.165) is 11.1 Å². The summed E-state index contributed by atoms with van der Waals surface area (Å²) in [4.78, 5) is 8.55. The quantitative estimate of drug-likeness (QED) is 0.694. The minimum Gasteiger partial charge on any atom is -0.481 e. The van der Waals surface area contributed by atoms with Gasteiger partial charge in [-0.2, -0.15) is 0 Å². The third-order valence-corrected chi connectivity index (χ3v) is 3.50. The van der Waals surface area contributed by atoms with Crippen LogP contribution in [0.15, 0.2) is 36.5 Å². The van der Waals surface area contributed by atoms with Crippen LogP contribution in [0, 0.1) is 5.82 Å². The lowest BCUT2D eigenvalue weighted by atomic mass is 10.2. The van der Waals surface area contributed by atoms with Crippen LogP contribution in [0.2, 0.25) is 0 Å². The number of fused-ring (bicyclic) bond motifs is 1. The number of benzene rings is 1. The number of rotatable bonds is 4. The van der Waals surface area contributed by atoms with Crippen molar-refractivity contribution in [1.82, 2.24) is 14.5 Å². The van der Waals surface area contributed by atoms with E-state index in [4.69, 9.17) is 16.3 Å². The van der Waals surface area contributed by atoms with Crippen molar-refractivity contribution in [3.05, 3.63) is 53.7 Å². The Morgan fingerprint density at radius 1 is 1.29 bits per heavy atom. The molecule has 3 rings (SSSR count). The van der Waals surface area contributed by atoms with Crippen molar-refractivity contribution in [3.63, 3.8) is 0 Å². The number of hydrogen-bond donors (Lipinski definition) is 0. The molecule has 0 aliphatic carbocycles. The lowest BCUT2D eigenvalue weighted by Crippen LogP contribution is -2.04.